The van der Waals surface area contributed by atoms with E-state index >= 15 is 0 Å². The third kappa shape index (κ3) is 3.29. The summed E-state index contributed by atoms with van der Waals surface area (Å²) in [5.74, 6) is -1.15. The minimum Gasteiger partial charge on any atom is -0.503 e. The summed E-state index contributed by atoms with van der Waals surface area (Å²) >= 11 is 0. The molecule has 1 heterocycles. The van der Waals surface area contributed by atoms with Gasteiger partial charge < -0.3 is 14.7 Å². The van der Waals surface area contributed by atoms with Gasteiger partial charge in [0.25, 0.3) is 5.91 Å². The predicted molar refractivity (Wildman–Crippen MR) is 87.1 cm³/mol. The van der Waals surface area contributed by atoms with Gasteiger partial charge in [-0.05, 0) is 17.5 Å². The molecule has 23 heavy (non-hydrogen) atoms. The minimum atomic E-state index is -0.545. The summed E-state index contributed by atoms with van der Waals surface area (Å²) in [7, 11) is 1.55. The fraction of sp³-hybridized carbons (Fsp3) is 0.444. The number of hydrogen-bond donors (Lipinski definition) is 1. The lowest BCUT2D eigenvalue weighted by Crippen LogP contribution is -2.33. The molecule has 1 amide bonds. The Kier molecular flexibility index (Phi) is 5.55. The van der Waals surface area contributed by atoms with Gasteiger partial charge in [0.1, 0.15) is 0 Å². The first kappa shape index (κ1) is 17.2. The van der Waals surface area contributed by atoms with Crippen LogP contribution in [-0.4, -0.2) is 42.0 Å². The lowest BCUT2D eigenvalue weighted by atomic mass is 9.94. The van der Waals surface area contributed by atoms with Crippen LogP contribution >= 0.6 is 0 Å². The summed E-state index contributed by atoms with van der Waals surface area (Å²) in [6.07, 6.45) is 1.16. The molecule has 124 valence electrons. The first-order chi connectivity index (χ1) is 11.0. The zero-order chi connectivity index (χ0) is 17.0. The van der Waals surface area contributed by atoms with Gasteiger partial charge in [-0.3, -0.25) is 9.59 Å². The van der Waals surface area contributed by atoms with Crippen molar-refractivity contribution in [3.8, 4) is 0 Å². The highest BCUT2D eigenvalue weighted by Gasteiger charge is 2.42. The van der Waals surface area contributed by atoms with Crippen LogP contribution in [0.4, 0.5) is 0 Å². The van der Waals surface area contributed by atoms with Crippen LogP contribution < -0.4 is 0 Å². The number of benzene rings is 1. The molecule has 0 radical (unpaired) electrons. The van der Waals surface area contributed by atoms with Crippen molar-refractivity contribution in [2.24, 2.45) is 0 Å². The lowest BCUT2D eigenvalue weighted by molar-refractivity contribution is -0.130. The molecule has 0 aliphatic carbocycles. The van der Waals surface area contributed by atoms with Crippen molar-refractivity contribution in [1.29, 1.82) is 0 Å². The number of Topliss-reactive ketones (excluding diaryl/α,β-unsaturated/α-hetero) is 1. The Bertz CT molecular complexity index is 618. The van der Waals surface area contributed by atoms with Crippen LogP contribution in [0.3, 0.4) is 0 Å². The molecule has 0 aromatic heterocycles. The Morgan fingerprint density at radius 1 is 1.26 bits per heavy atom. The van der Waals surface area contributed by atoms with E-state index in [-0.39, 0.29) is 17.8 Å². The van der Waals surface area contributed by atoms with Crippen LogP contribution in [0.25, 0.3) is 0 Å². The third-order valence-electron chi connectivity index (χ3n) is 4.17. The quantitative estimate of drug-likeness (QED) is 0.839. The highest BCUT2D eigenvalue weighted by atomic mass is 16.5. The second-order valence-electron chi connectivity index (χ2n) is 5.53. The maximum atomic E-state index is 12.4. The van der Waals surface area contributed by atoms with E-state index in [1.54, 1.807) is 14.0 Å². The van der Waals surface area contributed by atoms with E-state index in [2.05, 4.69) is 6.92 Å². The van der Waals surface area contributed by atoms with E-state index in [4.69, 9.17) is 4.74 Å². The summed E-state index contributed by atoms with van der Waals surface area (Å²) in [4.78, 5) is 26.1. The van der Waals surface area contributed by atoms with Crippen molar-refractivity contribution in [1.82, 2.24) is 4.90 Å². The standard InChI is InChI=1S/C18H23NO4/c1-4-12-6-8-13(9-7-12)16-15(14(20)5-2)17(21)18(22)19(16)10-11-23-3/h6-9,16,21H,4-5,10-11H2,1-3H3. The van der Waals surface area contributed by atoms with E-state index in [0.29, 0.717) is 13.2 Å². The molecule has 0 spiro atoms. The zero-order valence-electron chi connectivity index (χ0n) is 13.8. The third-order valence-corrected chi connectivity index (χ3v) is 4.17. The SMILES string of the molecule is CCC(=O)C1=C(O)C(=O)N(CCOC)C1c1ccc(CC)cc1. The van der Waals surface area contributed by atoms with Gasteiger partial charge in [0.15, 0.2) is 11.5 Å². The molecule has 1 aromatic rings. The zero-order valence-corrected chi connectivity index (χ0v) is 13.8. The van der Waals surface area contributed by atoms with Crippen LogP contribution in [0.1, 0.15) is 37.4 Å². The van der Waals surface area contributed by atoms with Gasteiger partial charge in [-0.25, -0.2) is 0 Å². The van der Waals surface area contributed by atoms with Gasteiger partial charge in [-0.1, -0.05) is 38.1 Å². The number of hydrogen-bond acceptors (Lipinski definition) is 4. The molecule has 1 N–H and O–H groups in total. The van der Waals surface area contributed by atoms with E-state index < -0.39 is 17.7 Å². The average Bonchev–Trinajstić information content (AvgIpc) is 2.83. The number of rotatable bonds is 7. The summed E-state index contributed by atoms with van der Waals surface area (Å²) in [5.41, 5.74) is 2.20. The molecule has 5 heteroatoms. The minimum absolute atomic E-state index is 0.192. The normalized spacial score (nSPS) is 18.0. The largest absolute Gasteiger partial charge is 0.503 e. The molecule has 1 unspecified atom stereocenters. The van der Waals surface area contributed by atoms with Gasteiger partial charge >= 0.3 is 0 Å². The number of nitrogens with zero attached hydrogens (tertiary/aromatic N) is 1. The second kappa shape index (κ2) is 7.42. The molecule has 0 saturated heterocycles. The predicted octanol–water partition coefficient (Wildman–Crippen LogP) is 2.57. The van der Waals surface area contributed by atoms with Crippen LogP contribution in [0.15, 0.2) is 35.6 Å². The first-order valence-corrected chi connectivity index (χ1v) is 7.90. The van der Waals surface area contributed by atoms with Crippen LogP contribution in [0, 0.1) is 0 Å². The molecule has 0 fully saturated rings. The van der Waals surface area contributed by atoms with Gasteiger partial charge in [0.2, 0.25) is 0 Å². The van der Waals surface area contributed by atoms with Gasteiger partial charge in [-0.15, -0.1) is 0 Å². The molecule has 1 aliphatic heterocycles. The smallest absolute Gasteiger partial charge is 0.290 e. The van der Waals surface area contributed by atoms with Crippen molar-refractivity contribution in [2.45, 2.75) is 32.7 Å². The van der Waals surface area contributed by atoms with Gasteiger partial charge in [0.05, 0.1) is 18.2 Å². The highest BCUT2D eigenvalue weighted by Crippen LogP contribution is 2.38. The first-order valence-electron chi connectivity index (χ1n) is 7.90. The number of ketones is 1. The Hall–Kier alpha value is -2.14. The monoisotopic (exact) mass is 317 g/mol. The van der Waals surface area contributed by atoms with Crippen LogP contribution in [0.2, 0.25) is 0 Å². The molecular formula is C18H23NO4. The van der Waals surface area contributed by atoms with E-state index in [1.807, 2.05) is 24.3 Å². The van der Waals surface area contributed by atoms with Crippen molar-refractivity contribution in [3.05, 3.63) is 46.7 Å². The van der Waals surface area contributed by atoms with Crippen molar-refractivity contribution in [2.75, 3.05) is 20.3 Å². The van der Waals surface area contributed by atoms with Crippen LogP contribution in [-0.2, 0) is 20.7 Å². The number of amides is 1. The number of carbonyl (C=O) groups is 2. The number of aliphatic hydroxyl groups excluding tert-OH is 1. The lowest BCUT2D eigenvalue weighted by Gasteiger charge is -2.26. The maximum Gasteiger partial charge on any atom is 0.290 e. The number of aliphatic hydroxyl groups is 1. The highest BCUT2D eigenvalue weighted by molar-refractivity contribution is 6.08. The number of ether oxygens (including phenoxy) is 1. The molecule has 1 aliphatic rings. The molecule has 5 nitrogen and oxygen atoms in total. The molecule has 2 rings (SSSR count). The number of carbonyl (C=O) groups excluding carboxylic acids is 2. The van der Waals surface area contributed by atoms with Crippen LogP contribution in [0.5, 0.6) is 0 Å². The van der Waals surface area contributed by atoms with E-state index in [1.165, 1.54) is 10.5 Å². The fourth-order valence-electron chi connectivity index (χ4n) is 2.83. The average molecular weight is 317 g/mol. The molecule has 1 aromatic carbocycles. The molecule has 0 saturated carbocycles. The number of methoxy groups -OCH3 is 1. The topological polar surface area (TPSA) is 66.8 Å². The molecule has 1 atom stereocenters. The number of aryl methyl sites for hydroxylation is 1. The summed E-state index contributed by atoms with van der Waals surface area (Å²) in [6.45, 7) is 4.45. The Morgan fingerprint density at radius 2 is 1.91 bits per heavy atom. The van der Waals surface area contributed by atoms with Gasteiger partial charge in [-0.2, -0.15) is 0 Å². The van der Waals surface area contributed by atoms with Gasteiger partial charge in [0, 0.05) is 20.1 Å². The Balaban J connectivity index is 2.45. The van der Waals surface area contributed by atoms with E-state index in [9.17, 15) is 14.7 Å². The summed E-state index contributed by atoms with van der Waals surface area (Å²) in [5, 5.41) is 10.2. The second-order valence-corrected chi connectivity index (χ2v) is 5.53. The van der Waals surface area contributed by atoms with E-state index in [0.717, 1.165) is 12.0 Å². The summed E-state index contributed by atoms with van der Waals surface area (Å²) < 4.78 is 5.05. The summed E-state index contributed by atoms with van der Waals surface area (Å²) in [6, 6.07) is 7.25. The van der Waals surface area contributed by atoms with Crippen molar-refractivity contribution >= 4 is 11.7 Å². The maximum absolute atomic E-state index is 12.4. The Labute approximate surface area is 136 Å². The van der Waals surface area contributed by atoms with Crippen molar-refractivity contribution in [3.63, 3.8) is 0 Å². The molecule has 0 bridgehead atoms. The Morgan fingerprint density at radius 3 is 2.43 bits per heavy atom. The van der Waals surface area contributed by atoms with Crippen molar-refractivity contribution < 1.29 is 19.4 Å². The molecular weight excluding hydrogens is 294 g/mol. The fourth-order valence-corrected chi connectivity index (χ4v) is 2.83.